The maximum absolute atomic E-state index is 12.5. The summed E-state index contributed by atoms with van der Waals surface area (Å²) in [7, 11) is -3.16. The molecule has 0 saturated heterocycles. The summed E-state index contributed by atoms with van der Waals surface area (Å²) >= 11 is 0. The van der Waals surface area contributed by atoms with Gasteiger partial charge in [0.1, 0.15) is 0 Å². The van der Waals surface area contributed by atoms with Crippen LogP contribution in [0.3, 0.4) is 0 Å². The summed E-state index contributed by atoms with van der Waals surface area (Å²) in [4.78, 5) is 23.6. The number of aliphatic carboxylic acids is 1. The lowest BCUT2D eigenvalue weighted by molar-refractivity contribution is -0.143. The molecule has 0 spiro atoms. The monoisotopic (exact) mass is 353 g/mol. The van der Waals surface area contributed by atoms with E-state index in [1.54, 1.807) is 25.1 Å². The predicted molar refractivity (Wildman–Crippen MR) is 91.4 cm³/mol. The van der Waals surface area contributed by atoms with Crippen LogP contribution in [0.5, 0.6) is 0 Å². The summed E-state index contributed by atoms with van der Waals surface area (Å²) in [5.74, 6) is -1.91. The number of hydrogen-bond donors (Lipinski definition) is 2. The van der Waals surface area contributed by atoms with Gasteiger partial charge in [0, 0.05) is 17.9 Å². The number of anilines is 1. The lowest BCUT2D eigenvalue weighted by Crippen LogP contribution is -2.31. The van der Waals surface area contributed by atoms with Crippen LogP contribution in [0.25, 0.3) is 0 Å². The minimum atomic E-state index is -3.16. The smallest absolute Gasteiger partial charge is 0.306 e. The molecule has 24 heavy (non-hydrogen) atoms. The van der Waals surface area contributed by atoms with E-state index in [1.165, 1.54) is 6.26 Å². The van der Waals surface area contributed by atoms with Gasteiger partial charge >= 0.3 is 5.97 Å². The van der Waals surface area contributed by atoms with Gasteiger partial charge in [-0.15, -0.1) is 0 Å². The molecular formula is C17H23NO5S. The largest absolute Gasteiger partial charge is 0.481 e. The van der Waals surface area contributed by atoms with Crippen molar-refractivity contribution in [2.24, 2.45) is 11.8 Å². The molecule has 7 heteroatoms. The van der Waals surface area contributed by atoms with Gasteiger partial charge < -0.3 is 10.4 Å². The first-order valence-corrected chi connectivity index (χ1v) is 10.0. The van der Waals surface area contributed by atoms with E-state index in [0.717, 1.165) is 12.0 Å². The van der Waals surface area contributed by atoms with Crippen LogP contribution in [0.4, 0.5) is 5.69 Å². The molecule has 2 N–H and O–H groups in total. The minimum Gasteiger partial charge on any atom is -0.481 e. The third kappa shape index (κ3) is 4.80. The second-order valence-electron chi connectivity index (χ2n) is 6.55. The zero-order chi connectivity index (χ0) is 17.9. The van der Waals surface area contributed by atoms with E-state index in [2.05, 4.69) is 5.32 Å². The van der Waals surface area contributed by atoms with Gasteiger partial charge in [0.05, 0.1) is 11.7 Å². The Kier molecular flexibility index (Phi) is 5.64. The highest BCUT2D eigenvalue weighted by molar-refractivity contribution is 7.89. The molecule has 0 heterocycles. The van der Waals surface area contributed by atoms with Crippen molar-refractivity contribution in [3.05, 3.63) is 29.3 Å². The van der Waals surface area contributed by atoms with Crippen molar-refractivity contribution in [1.82, 2.24) is 0 Å². The number of benzene rings is 1. The van der Waals surface area contributed by atoms with Crippen LogP contribution in [0.15, 0.2) is 18.2 Å². The van der Waals surface area contributed by atoms with Crippen LogP contribution in [0.1, 0.15) is 36.8 Å². The number of sulfone groups is 1. The maximum atomic E-state index is 12.5. The molecule has 132 valence electrons. The SMILES string of the molecule is Cc1c(CS(C)(=O)=O)cccc1NC(=O)C1CCCC(C(=O)O)C1. The highest BCUT2D eigenvalue weighted by atomic mass is 32.2. The topological polar surface area (TPSA) is 101 Å². The fourth-order valence-electron chi connectivity index (χ4n) is 3.14. The van der Waals surface area contributed by atoms with Crippen molar-refractivity contribution in [1.29, 1.82) is 0 Å². The third-order valence-corrected chi connectivity index (χ3v) is 5.35. The van der Waals surface area contributed by atoms with Gasteiger partial charge in [-0.25, -0.2) is 8.42 Å². The number of rotatable bonds is 5. The van der Waals surface area contributed by atoms with E-state index in [4.69, 9.17) is 5.11 Å². The highest BCUT2D eigenvalue weighted by Gasteiger charge is 2.31. The zero-order valence-electron chi connectivity index (χ0n) is 13.9. The minimum absolute atomic E-state index is 0.0763. The van der Waals surface area contributed by atoms with E-state index >= 15 is 0 Å². The average molecular weight is 353 g/mol. The van der Waals surface area contributed by atoms with E-state index in [-0.39, 0.29) is 17.6 Å². The summed E-state index contributed by atoms with van der Waals surface area (Å²) in [5.41, 5.74) is 1.96. The normalized spacial score (nSPS) is 21.2. The van der Waals surface area contributed by atoms with Crippen LogP contribution in [0, 0.1) is 18.8 Å². The number of hydrogen-bond acceptors (Lipinski definition) is 4. The van der Waals surface area contributed by atoms with E-state index in [1.807, 2.05) is 0 Å². The Labute approximate surface area is 142 Å². The van der Waals surface area contributed by atoms with Crippen molar-refractivity contribution < 1.29 is 23.1 Å². The second-order valence-corrected chi connectivity index (χ2v) is 8.69. The number of amides is 1. The Morgan fingerprint density at radius 1 is 1.25 bits per heavy atom. The Balaban J connectivity index is 2.12. The summed E-state index contributed by atoms with van der Waals surface area (Å²) in [5, 5.41) is 12.0. The van der Waals surface area contributed by atoms with Gasteiger partial charge in [0.15, 0.2) is 9.84 Å². The van der Waals surface area contributed by atoms with Gasteiger partial charge in [-0.1, -0.05) is 18.6 Å². The molecule has 1 aliphatic rings. The van der Waals surface area contributed by atoms with Crippen molar-refractivity contribution in [2.75, 3.05) is 11.6 Å². The van der Waals surface area contributed by atoms with Crippen LogP contribution < -0.4 is 5.32 Å². The van der Waals surface area contributed by atoms with Crippen LogP contribution >= 0.6 is 0 Å². The lowest BCUT2D eigenvalue weighted by atomic mass is 9.81. The fourth-order valence-corrected chi connectivity index (χ4v) is 4.02. The number of carbonyl (C=O) groups is 2. The molecule has 0 radical (unpaired) electrons. The summed E-state index contributed by atoms with van der Waals surface area (Å²) in [6, 6.07) is 5.17. The Morgan fingerprint density at radius 3 is 2.54 bits per heavy atom. The summed E-state index contributed by atoms with van der Waals surface area (Å²) in [6.45, 7) is 1.77. The molecule has 6 nitrogen and oxygen atoms in total. The zero-order valence-corrected chi connectivity index (χ0v) is 14.7. The predicted octanol–water partition coefficient (Wildman–Crippen LogP) is 2.37. The van der Waals surface area contributed by atoms with Crippen molar-refractivity contribution in [3.8, 4) is 0 Å². The van der Waals surface area contributed by atoms with Gasteiger partial charge in [-0.05, 0) is 43.4 Å². The first-order valence-electron chi connectivity index (χ1n) is 7.97. The summed E-state index contributed by atoms with van der Waals surface area (Å²) in [6.07, 6.45) is 3.54. The van der Waals surface area contributed by atoms with Gasteiger partial charge in [0.2, 0.25) is 5.91 Å². The molecule has 0 aromatic heterocycles. The first-order chi connectivity index (χ1) is 11.2. The van der Waals surface area contributed by atoms with E-state index in [9.17, 15) is 18.0 Å². The van der Waals surface area contributed by atoms with E-state index < -0.39 is 21.7 Å². The lowest BCUT2D eigenvalue weighted by Gasteiger charge is -2.26. The Bertz CT molecular complexity index is 741. The molecule has 0 bridgehead atoms. The number of nitrogens with one attached hydrogen (secondary N) is 1. The molecule has 1 aromatic rings. The average Bonchev–Trinajstić information content (AvgIpc) is 2.50. The Hall–Kier alpha value is -1.89. The molecular weight excluding hydrogens is 330 g/mol. The van der Waals surface area contributed by atoms with E-state index in [0.29, 0.717) is 30.5 Å². The van der Waals surface area contributed by atoms with Crippen LogP contribution in [-0.4, -0.2) is 31.7 Å². The van der Waals surface area contributed by atoms with Crippen molar-refractivity contribution in [3.63, 3.8) is 0 Å². The molecule has 2 atom stereocenters. The van der Waals surface area contributed by atoms with Gasteiger partial charge in [-0.2, -0.15) is 0 Å². The third-order valence-electron chi connectivity index (χ3n) is 4.52. The van der Waals surface area contributed by atoms with Gasteiger partial charge in [-0.3, -0.25) is 9.59 Å². The number of carboxylic acid groups (broad SMARTS) is 1. The Morgan fingerprint density at radius 2 is 1.92 bits per heavy atom. The fraction of sp³-hybridized carbons (Fsp3) is 0.529. The van der Waals surface area contributed by atoms with Crippen molar-refractivity contribution in [2.45, 2.75) is 38.4 Å². The number of carboxylic acids is 1. The first kappa shape index (κ1) is 18.4. The second kappa shape index (κ2) is 7.34. The molecule has 2 rings (SSSR count). The number of carbonyl (C=O) groups excluding carboxylic acids is 1. The molecule has 1 saturated carbocycles. The quantitative estimate of drug-likeness (QED) is 0.846. The summed E-state index contributed by atoms with van der Waals surface area (Å²) < 4.78 is 23.0. The van der Waals surface area contributed by atoms with Crippen molar-refractivity contribution >= 4 is 27.4 Å². The maximum Gasteiger partial charge on any atom is 0.306 e. The molecule has 2 unspecified atom stereocenters. The van der Waals surface area contributed by atoms with Crippen LogP contribution in [-0.2, 0) is 25.2 Å². The highest BCUT2D eigenvalue weighted by Crippen LogP contribution is 2.31. The molecule has 1 aromatic carbocycles. The molecule has 1 amide bonds. The molecule has 1 aliphatic carbocycles. The van der Waals surface area contributed by atoms with Gasteiger partial charge in [0.25, 0.3) is 0 Å². The molecule has 0 aliphatic heterocycles. The standard InChI is InChI=1S/C17H23NO5S/c1-11-14(10-24(2,22)23)7-4-8-15(11)18-16(19)12-5-3-6-13(9-12)17(20)21/h4,7-8,12-13H,3,5-6,9-10H2,1-2H3,(H,18,19)(H,20,21). The van der Waals surface area contributed by atoms with Crippen LogP contribution in [0.2, 0.25) is 0 Å². The molecule has 1 fully saturated rings.